The van der Waals surface area contributed by atoms with E-state index in [-0.39, 0.29) is 18.0 Å². The minimum atomic E-state index is -0.453. The lowest BCUT2D eigenvalue weighted by Gasteiger charge is -2.27. The van der Waals surface area contributed by atoms with Crippen molar-refractivity contribution in [2.75, 3.05) is 18.4 Å². The van der Waals surface area contributed by atoms with Crippen LogP contribution in [0, 0.1) is 25.2 Å². The van der Waals surface area contributed by atoms with Gasteiger partial charge in [-0.05, 0) is 56.9 Å². The molecule has 0 unspecified atom stereocenters. The number of carbonyl (C=O) groups is 2. The van der Waals surface area contributed by atoms with Crippen molar-refractivity contribution < 1.29 is 9.59 Å². The molecule has 2 amide bonds. The third kappa shape index (κ3) is 4.98. The molecule has 168 valence electrons. The van der Waals surface area contributed by atoms with Crippen molar-refractivity contribution in [2.45, 2.75) is 39.7 Å². The quantitative estimate of drug-likeness (QED) is 0.457. The first kappa shape index (κ1) is 22.3. The molecule has 0 spiro atoms. The van der Waals surface area contributed by atoms with E-state index in [4.69, 9.17) is 0 Å². The molecule has 0 aliphatic carbocycles. The van der Waals surface area contributed by atoms with E-state index in [1.807, 2.05) is 78.0 Å². The molecule has 0 saturated carbocycles. The number of nitrogens with zero attached hydrogens (tertiary/aromatic N) is 3. The number of piperidine rings is 1. The second-order valence-electron chi connectivity index (χ2n) is 8.61. The van der Waals surface area contributed by atoms with Crippen LogP contribution in [-0.2, 0) is 16.1 Å². The van der Waals surface area contributed by atoms with E-state index in [1.165, 1.54) is 6.42 Å². The molecule has 4 rings (SSSR count). The number of benzene rings is 2. The molecule has 1 fully saturated rings. The van der Waals surface area contributed by atoms with Crippen LogP contribution >= 0.6 is 0 Å². The Morgan fingerprint density at radius 3 is 2.58 bits per heavy atom. The van der Waals surface area contributed by atoms with Crippen molar-refractivity contribution in [1.82, 2.24) is 9.47 Å². The third-order valence-corrected chi connectivity index (χ3v) is 6.13. The predicted octanol–water partition coefficient (Wildman–Crippen LogP) is 4.82. The summed E-state index contributed by atoms with van der Waals surface area (Å²) in [5.74, 6) is -0.357. The van der Waals surface area contributed by atoms with Gasteiger partial charge in [0.15, 0.2) is 0 Å². The summed E-state index contributed by atoms with van der Waals surface area (Å²) in [6, 6.07) is 15.5. The van der Waals surface area contributed by atoms with E-state index in [0.717, 1.165) is 53.5 Å². The summed E-state index contributed by atoms with van der Waals surface area (Å²) in [4.78, 5) is 27.6. The maximum Gasteiger partial charge on any atom is 0.266 e. The standard InChI is InChI=1S/C27H28N4O2/c1-19-10-11-24(20(2)14-19)29-27(33)21(16-28)15-22-17-31(25-9-5-4-8-23(22)25)18-26(32)30-12-6-3-7-13-30/h4-5,8-11,14-15,17H,3,6-7,12-13,18H2,1-2H3,(H,29,33)/b21-15+. The molecule has 1 N–H and O–H groups in total. The van der Waals surface area contributed by atoms with Crippen LogP contribution < -0.4 is 5.32 Å². The van der Waals surface area contributed by atoms with Crippen molar-refractivity contribution in [3.63, 3.8) is 0 Å². The number of carbonyl (C=O) groups excluding carboxylic acids is 2. The van der Waals surface area contributed by atoms with Gasteiger partial charge in [-0.2, -0.15) is 5.26 Å². The fourth-order valence-electron chi connectivity index (χ4n) is 4.36. The summed E-state index contributed by atoms with van der Waals surface area (Å²) in [6.07, 6.45) is 6.73. The summed E-state index contributed by atoms with van der Waals surface area (Å²) in [5, 5.41) is 13.4. The molecule has 2 aromatic carbocycles. The van der Waals surface area contributed by atoms with Gasteiger partial charge < -0.3 is 14.8 Å². The van der Waals surface area contributed by atoms with Gasteiger partial charge in [-0.15, -0.1) is 0 Å². The van der Waals surface area contributed by atoms with E-state index in [1.54, 1.807) is 6.08 Å². The highest BCUT2D eigenvalue weighted by atomic mass is 16.2. The summed E-state index contributed by atoms with van der Waals surface area (Å²) < 4.78 is 1.91. The summed E-state index contributed by atoms with van der Waals surface area (Å²) in [7, 11) is 0. The smallest absolute Gasteiger partial charge is 0.266 e. The van der Waals surface area contributed by atoms with Gasteiger partial charge in [0.1, 0.15) is 18.2 Å². The van der Waals surface area contributed by atoms with Crippen LogP contribution in [0.4, 0.5) is 5.69 Å². The minimum absolute atomic E-state index is 0.0141. The molecule has 0 bridgehead atoms. The van der Waals surface area contributed by atoms with Gasteiger partial charge in [-0.25, -0.2) is 0 Å². The lowest BCUT2D eigenvalue weighted by Crippen LogP contribution is -2.37. The van der Waals surface area contributed by atoms with Gasteiger partial charge in [0.2, 0.25) is 5.91 Å². The van der Waals surface area contributed by atoms with Crippen molar-refractivity contribution in [1.29, 1.82) is 5.26 Å². The number of hydrogen-bond acceptors (Lipinski definition) is 3. The SMILES string of the molecule is Cc1ccc(NC(=O)/C(C#N)=C/c2cn(CC(=O)N3CCCCC3)c3ccccc23)c(C)c1. The van der Waals surface area contributed by atoms with Gasteiger partial charge in [0.05, 0.1) is 0 Å². The number of anilines is 1. The van der Waals surface area contributed by atoms with Gasteiger partial charge in [0.25, 0.3) is 5.91 Å². The highest BCUT2D eigenvalue weighted by Crippen LogP contribution is 2.25. The predicted molar refractivity (Wildman–Crippen MR) is 131 cm³/mol. The van der Waals surface area contributed by atoms with Crippen LogP contribution in [0.2, 0.25) is 0 Å². The second-order valence-corrected chi connectivity index (χ2v) is 8.61. The summed E-state index contributed by atoms with van der Waals surface area (Å²) in [5.41, 5.74) is 4.38. The Hall–Kier alpha value is -3.85. The summed E-state index contributed by atoms with van der Waals surface area (Å²) >= 11 is 0. The maximum absolute atomic E-state index is 12.8. The first-order chi connectivity index (χ1) is 16.0. The van der Waals surface area contributed by atoms with E-state index in [2.05, 4.69) is 5.32 Å². The normalized spacial score (nSPS) is 14.2. The number of hydrogen-bond donors (Lipinski definition) is 1. The number of para-hydroxylation sites is 1. The Labute approximate surface area is 194 Å². The van der Waals surface area contributed by atoms with E-state index in [9.17, 15) is 14.9 Å². The highest BCUT2D eigenvalue weighted by Gasteiger charge is 2.19. The fourth-order valence-corrected chi connectivity index (χ4v) is 4.36. The molecule has 1 aliphatic heterocycles. The first-order valence-corrected chi connectivity index (χ1v) is 11.3. The zero-order valence-corrected chi connectivity index (χ0v) is 19.1. The van der Waals surface area contributed by atoms with E-state index in [0.29, 0.717) is 5.69 Å². The van der Waals surface area contributed by atoms with Crippen molar-refractivity contribution in [3.05, 3.63) is 70.9 Å². The topological polar surface area (TPSA) is 78.1 Å². The van der Waals surface area contributed by atoms with Crippen LogP contribution in [0.5, 0.6) is 0 Å². The maximum atomic E-state index is 12.8. The molecule has 0 radical (unpaired) electrons. The largest absolute Gasteiger partial charge is 0.341 e. The molecule has 33 heavy (non-hydrogen) atoms. The van der Waals surface area contributed by atoms with Gasteiger partial charge in [-0.1, -0.05) is 35.9 Å². The monoisotopic (exact) mass is 440 g/mol. The highest BCUT2D eigenvalue weighted by molar-refractivity contribution is 6.11. The van der Waals surface area contributed by atoms with Crippen molar-refractivity contribution >= 4 is 34.5 Å². The molecule has 6 heteroatoms. The van der Waals surface area contributed by atoms with Gasteiger partial charge >= 0.3 is 0 Å². The number of aryl methyl sites for hydroxylation is 2. The molecule has 1 saturated heterocycles. The third-order valence-electron chi connectivity index (χ3n) is 6.13. The number of nitriles is 1. The number of nitrogens with one attached hydrogen (secondary N) is 1. The van der Waals surface area contributed by atoms with Crippen LogP contribution in [-0.4, -0.2) is 34.4 Å². The average Bonchev–Trinajstić information content (AvgIpc) is 3.17. The van der Waals surface area contributed by atoms with E-state index >= 15 is 0 Å². The number of aromatic nitrogens is 1. The lowest BCUT2D eigenvalue weighted by atomic mass is 10.1. The average molecular weight is 441 g/mol. The Morgan fingerprint density at radius 1 is 1.09 bits per heavy atom. The number of fused-ring (bicyclic) bond motifs is 1. The minimum Gasteiger partial charge on any atom is -0.341 e. The number of rotatable bonds is 5. The molecule has 0 atom stereocenters. The Kier molecular flexibility index (Phi) is 6.60. The second kappa shape index (κ2) is 9.74. The van der Waals surface area contributed by atoms with Gasteiger partial charge in [0, 0.05) is 41.4 Å². The van der Waals surface area contributed by atoms with Crippen molar-refractivity contribution in [2.24, 2.45) is 0 Å². The molecular weight excluding hydrogens is 412 g/mol. The zero-order chi connectivity index (χ0) is 23.4. The molecule has 6 nitrogen and oxygen atoms in total. The van der Waals surface area contributed by atoms with Crippen LogP contribution in [0.25, 0.3) is 17.0 Å². The van der Waals surface area contributed by atoms with E-state index < -0.39 is 5.91 Å². The molecule has 3 aromatic rings. The van der Waals surface area contributed by atoms with Crippen LogP contribution in [0.3, 0.4) is 0 Å². The molecular formula is C27H28N4O2. The molecule has 1 aliphatic rings. The lowest BCUT2D eigenvalue weighted by molar-refractivity contribution is -0.132. The van der Waals surface area contributed by atoms with Crippen molar-refractivity contribution in [3.8, 4) is 6.07 Å². The first-order valence-electron chi connectivity index (χ1n) is 11.3. The fraction of sp³-hybridized carbons (Fsp3) is 0.296. The zero-order valence-electron chi connectivity index (χ0n) is 19.1. The number of amides is 2. The Morgan fingerprint density at radius 2 is 1.85 bits per heavy atom. The Balaban J connectivity index is 1.62. The van der Waals surface area contributed by atoms with Crippen LogP contribution in [0.15, 0.2) is 54.2 Å². The van der Waals surface area contributed by atoms with Gasteiger partial charge in [-0.3, -0.25) is 9.59 Å². The Bertz CT molecular complexity index is 1270. The van der Waals surface area contributed by atoms with Crippen LogP contribution in [0.1, 0.15) is 36.0 Å². The molecule has 2 heterocycles. The molecule has 1 aromatic heterocycles. The summed E-state index contributed by atoms with van der Waals surface area (Å²) in [6.45, 7) is 5.77. The number of likely N-dealkylation sites (tertiary alicyclic amines) is 1.